The van der Waals surface area contributed by atoms with Gasteiger partial charge in [-0.2, -0.15) is 0 Å². The van der Waals surface area contributed by atoms with E-state index in [0.717, 1.165) is 51.4 Å². The van der Waals surface area contributed by atoms with Gasteiger partial charge in [-0.1, -0.05) is 89.5 Å². The Labute approximate surface area is 203 Å². The zero-order chi connectivity index (χ0) is 24.4. The van der Waals surface area contributed by atoms with Crippen molar-refractivity contribution >= 4 is 11.9 Å². The van der Waals surface area contributed by atoms with E-state index in [0.29, 0.717) is 12.8 Å². The Morgan fingerprint density at radius 3 is 1.85 bits per heavy atom. The van der Waals surface area contributed by atoms with Crippen molar-refractivity contribution in [2.45, 2.75) is 129 Å². The average Bonchev–Trinajstić information content (AvgIpc) is 2.81. The first-order valence-corrected chi connectivity index (χ1v) is 13.4. The summed E-state index contributed by atoms with van der Waals surface area (Å²) < 4.78 is 10.3. The number of ether oxygens (including phenoxy) is 2. The van der Waals surface area contributed by atoms with Gasteiger partial charge in [0.1, 0.15) is 6.61 Å². The molecule has 0 aromatic carbocycles. The monoisotopic (exact) mass is 466 g/mol. The minimum atomic E-state index is -0.768. The SMILES string of the molecule is CCCCCC/C=C\C/C=C\CCCCCCCC(=O)OC(CO)COC(=O)CCCCC. The standard InChI is InChI=1S/C28H50O5/c1-3-5-7-8-9-10-11-12-13-14-15-16-17-18-19-21-23-28(31)33-26(24-29)25-32-27(30)22-20-6-4-2/h10-11,13-14,26,29H,3-9,12,15-25H2,1-2H3/b11-10-,14-13-. The van der Waals surface area contributed by atoms with Crippen molar-refractivity contribution in [1.29, 1.82) is 0 Å². The molecule has 1 atom stereocenters. The van der Waals surface area contributed by atoms with E-state index >= 15 is 0 Å². The molecule has 33 heavy (non-hydrogen) atoms. The Morgan fingerprint density at radius 2 is 1.21 bits per heavy atom. The van der Waals surface area contributed by atoms with Crippen molar-refractivity contribution in [3.8, 4) is 0 Å². The molecule has 5 heteroatoms. The molecular weight excluding hydrogens is 416 g/mol. The molecule has 1 N–H and O–H groups in total. The molecule has 0 spiro atoms. The van der Waals surface area contributed by atoms with Crippen molar-refractivity contribution in [2.75, 3.05) is 13.2 Å². The summed E-state index contributed by atoms with van der Waals surface area (Å²) in [6.45, 7) is 3.90. The molecule has 0 rings (SSSR count). The Morgan fingerprint density at radius 1 is 0.697 bits per heavy atom. The quantitative estimate of drug-likeness (QED) is 0.0977. The highest BCUT2D eigenvalue weighted by molar-refractivity contribution is 5.70. The number of allylic oxidation sites excluding steroid dienone is 4. The molecular formula is C28H50O5. The molecule has 0 bridgehead atoms. The van der Waals surface area contributed by atoms with Gasteiger partial charge >= 0.3 is 11.9 Å². The van der Waals surface area contributed by atoms with Gasteiger partial charge in [0.15, 0.2) is 6.10 Å². The van der Waals surface area contributed by atoms with Crippen LogP contribution in [0, 0.1) is 0 Å². The molecule has 0 amide bonds. The lowest BCUT2D eigenvalue weighted by atomic mass is 10.1. The summed E-state index contributed by atoms with van der Waals surface area (Å²) in [5.74, 6) is -0.639. The lowest BCUT2D eigenvalue weighted by Gasteiger charge is -2.15. The van der Waals surface area contributed by atoms with Crippen LogP contribution in [-0.4, -0.2) is 36.4 Å². The van der Waals surface area contributed by atoms with E-state index in [2.05, 4.69) is 38.2 Å². The second kappa shape index (κ2) is 25.0. The lowest BCUT2D eigenvalue weighted by molar-refractivity contribution is -0.161. The van der Waals surface area contributed by atoms with Gasteiger partial charge in [0.2, 0.25) is 0 Å². The molecule has 0 saturated carbocycles. The van der Waals surface area contributed by atoms with Gasteiger partial charge in [-0.3, -0.25) is 9.59 Å². The van der Waals surface area contributed by atoms with Crippen LogP contribution in [0.25, 0.3) is 0 Å². The number of hydrogen-bond donors (Lipinski definition) is 1. The molecule has 0 fully saturated rings. The summed E-state index contributed by atoms with van der Waals surface area (Å²) in [6.07, 6.45) is 25.7. The van der Waals surface area contributed by atoms with Gasteiger partial charge in [-0.15, -0.1) is 0 Å². The van der Waals surface area contributed by atoms with Gasteiger partial charge in [-0.25, -0.2) is 0 Å². The topological polar surface area (TPSA) is 72.8 Å². The largest absolute Gasteiger partial charge is 0.462 e. The first kappa shape index (κ1) is 31.4. The van der Waals surface area contributed by atoms with Crippen LogP contribution in [-0.2, 0) is 19.1 Å². The molecule has 5 nitrogen and oxygen atoms in total. The summed E-state index contributed by atoms with van der Waals surface area (Å²) in [6, 6.07) is 0. The molecule has 0 aliphatic carbocycles. The van der Waals surface area contributed by atoms with E-state index in [9.17, 15) is 14.7 Å². The molecule has 192 valence electrons. The Kier molecular flexibility index (Phi) is 23.8. The predicted molar refractivity (Wildman–Crippen MR) is 136 cm³/mol. The molecule has 0 aliphatic heterocycles. The first-order chi connectivity index (χ1) is 16.1. The Bertz CT molecular complexity index is 512. The van der Waals surface area contributed by atoms with E-state index in [1.54, 1.807) is 0 Å². The van der Waals surface area contributed by atoms with Crippen LogP contribution < -0.4 is 0 Å². The fourth-order valence-corrected chi connectivity index (χ4v) is 3.40. The van der Waals surface area contributed by atoms with E-state index in [1.165, 1.54) is 44.9 Å². The number of esters is 2. The van der Waals surface area contributed by atoms with Crippen LogP contribution in [0.4, 0.5) is 0 Å². The second-order valence-corrected chi connectivity index (χ2v) is 8.77. The Balaban J connectivity index is 3.59. The number of aliphatic hydroxyl groups excluding tert-OH is 1. The van der Waals surface area contributed by atoms with Crippen molar-refractivity contribution in [2.24, 2.45) is 0 Å². The van der Waals surface area contributed by atoms with Crippen LogP contribution in [0.1, 0.15) is 123 Å². The number of aliphatic hydroxyl groups is 1. The molecule has 0 aliphatic rings. The summed E-state index contributed by atoms with van der Waals surface area (Å²) in [5.41, 5.74) is 0. The summed E-state index contributed by atoms with van der Waals surface area (Å²) >= 11 is 0. The minimum absolute atomic E-state index is 0.0739. The number of rotatable bonds is 23. The molecule has 0 saturated heterocycles. The zero-order valence-corrected chi connectivity index (χ0v) is 21.4. The molecule has 0 aromatic heterocycles. The van der Waals surface area contributed by atoms with E-state index in [4.69, 9.17) is 9.47 Å². The third-order valence-electron chi connectivity index (χ3n) is 5.50. The second-order valence-electron chi connectivity index (χ2n) is 8.77. The predicted octanol–water partition coefficient (Wildman–Crippen LogP) is 7.22. The van der Waals surface area contributed by atoms with Crippen LogP contribution in [0.15, 0.2) is 24.3 Å². The van der Waals surface area contributed by atoms with Gasteiger partial charge in [0, 0.05) is 12.8 Å². The summed E-state index contributed by atoms with van der Waals surface area (Å²) in [7, 11) is 0. The molecule has 0 aromatic rings. The maximum Gasteiger partial charge on any atom is 0.306 e. The van der Waals surface area contributed by atoms with Gasteiger partial charge in [0.25, 0.3) is 0 Å². The van der Waals surface area contributed by atoms with Gasteiger partial charge in [0.05, 0.1) is 6.61 Å². The summed E-state index contributed by atoms with van der Waals surface area (Å²) in [4.78, 5) is 23.5. The minimum Gasteiger partial charge on any atom is -0.462 e. The van der Waals surface area contributed by atoms with E-state index in [1.807, 2.05) is 0 Å². The zero-order valence-electron chi connectivity index (χ0n) is 21.4. The fraction of sp³-hybridized carbons (Fsp3) is 0.786. The molecule has 1 unspecified atom stereocenters. The van der Waals surface area contributed by atoms with Crippen molar-refractivity contribution < 1.29 is 24.2 Å². The van der Waals surface area contributed by atoms with Crippen LogP contribution >= 0.6 is 0 Å². The highest BCUT2D eigenvalue weighted by Gasteiger charge is 2.15. The lowest BCUT2D eigenvalue weighted by Crippen LogP contribution is -2.28. The summed E-state index contributed by atoms with van der Waals surface area (Å²) in [5, 5.41) is 9.34. The first-order valence-electron chi connectivity index (χ1n) is 13.4. The maximum atomic E-state index is 11.9. The normalized spacial score (nSPS) is 12.5. The highest BCUT2D eigenvalue weighted by Crippen LogP contribution is 2.10. The number of carbonyl (C=O) groups is 2. The van der Waals surface area contributed by atoms with E-state index < -0.39 is 6.10 Å². The number of carbonyl (C=O) groups excluding carboxylic acids is 2. The smallest absolute Gasteiger partial charge is 0.306 e. The molecule has 0 heterocycles. The van der Waals surface area contributed by atoms with Crippen LogP contribution in [0.2, 0.25) is 0 Å². The van der Waals surface area contributed by atoms with Crippen molar-refractivity contribution in [1.82, 2.24) is 0 Å². The van der Waals surface area contributed by atoms with Crippen molar-refractivity contribution in [3.05, 3.63) is 24.3 Å². The fourth-order valence-electron chi connectivity index (χ4n) is 3.40. The third-order valence-corrected chi connectivity index (χ3v) is 5.50. The van der Waals surface area contributed by atoms with E-state index in [-0.39, 0.29) is 25.2 Å². The number of hydrogen-bond acceptors (Lipinski definition) is 5. The highest BCUT2D eigenvalue weighted by atomic mass is 16.6. The van der Waals surface area contributed by atoms with Gasteiger partial charge < -0.3 is 14.6 Å². The van der Waals surface area contributed by atoms with Crippen LogP contribution in [0.3, 0.4) is 0 Å². The van der Waals surface area contributed by atoms with Crippen molar-refractivity contribution in [3.63, 3.8) is 0 Å². The van der Waals surface area contributed by atoms with Crippen LogP contribution in [0.5, 0.6) is 0 Å². The Hall–Kier alpha value is -1.62. The average molecular weight is 467 g/mol. The number of unbranched alkanes of at least 4 members (excludes halogenated alkanes) is 11. The molecule has 0 radical (unpaired) electrons. The van der Waals surface area contributed by atoms with Gasteiger partial charge in [-0.05, 0) is 44.9 Å². The maximum absolute atomic E-state index is 11.9. The third kappa shape index (κ3) is 23.3.